The van der Waals surface area contributed by atoms with Gasteiger partial charge in [0.15, 0.2) is 5.16 Å². The van der Waals surface area contributed by atoms with Crippen LogP contribution in [-0.2, 0) is 18.4 Å². The molecule has 3 rings (SSSR count). The third-order valence-electron chi connectivity index (χ3n) is 3.72. The molecule has 0 saturated carbocycles. The van der Waals surface area contributed by atoms with Crippen LogP contribution < -0.4 is 10.9 Å². The van der Waals surface area contributed by atoms with Crippen molar-refractivity contribution in [2.75, 3.05) is 5.75 Å². The van der Waals surface area contributed by atoms with Crippen LogP contribution >= 0.6 is 23.1 Å². The fraction of sp³-hybridized carbons (Fsp3) is 0.235. The number of thioether (sulfide) groups is 1. The zero-order valence-corrected chi connectivity index (χ0v) is 15.3. The highest BCUT2D eigenvalue weighted by Gasteiger charge is 2.11. The third-order valence-corrected chi connectivity index (χ3v) is 5.56. The first-order valence-electron chi connectivity index (χ1n) is 7.54. The molecule has 1 amide bonds. The molecule has 2 heterocycles. The number of amides is 1. The Bertz CT molecular complexity index is 997. The van der Waals surface area contributed by atoms with Crippen molar-refractivity contribution < 1.29 is 9.18 Å². The van der Waals surface area contributed by atoms with Crippen LogP contribution in [0.25, 0.3) is 10.2 Å². The molecule has 0 aliphatic rings. The van der Waals surface area contributed by atoms with Crippen LogP contribution in [-0.4, -0.2) is 21.2 Å². The van der Waals surface area contributed by atoms with E-state index >= 15 is 0 Å². The van der Waals surface area contributed by atoms with Gasteiger partial charge >= 0.3 is 0 Å². The van der Waals surface area contributed by atoms with Crippen LogP contribution in [0.1, 0.15) is 11.1 Å². The highest BCUT2D eigenvalue weighted by molar-refractivity contribution is 7.99. The second-order valence-electron chi connectivity index (χ2n) is 5.55. The monoisotopic (exact) mass is 377 g/mol. The first kappa shape index (κ1) is 17.6. The molecular weight excluding hydrogens is 361 g/mol. The lowest BCUT2D eigenvalue weighted by atomic mass is 10.1. The number of benzene rings is 1. The van der Waals surface area contributed by atoms with Crippen LogP contribution in [0.2, 0.25) is 0 Å². The molecule has 0 unspecified atom stereocenters. The van der Waals surface area contributed by atoms with Crippen molar-refractivity contribution in [2.45, 2.75) is 18.6 Å². The third kappa shape index (κ3) is 3.91. The number of aromatic nitrogens is 2. The number of hydrogen-bond donors (Lipinski definition) is 1. The van der Waals surface area contributed by atoms with Crippen LogP contribution in [0, 0.1) is 12.7 Å². The molecular formula is C17H16FN3O2S2. The number of thiophene rings is 1. The molecule has 0 radical (unpaired) electrons. The van der Waals surface area contributed by atoms with Crippen LogP contribution in [0.5, 0.6) is 0 Å². The minimum absolute atomic E-state index is 0.121. The number of nitrogens with one attached hydrogen (secondary N) is 1. The Kier molecular flexibility index (Phi) is 5.19. The van der Waals surface area contributed by atoms with E-state index in [4.69, 9.17) is 0 Å². The maximum atomic E-state index is 13.5. The summed E-state index contributed by atoms with van der Waals surface area (Å²) in [5.74, 6) is -0.359. The Morgan fingerprint density at radius 2 is 2.20 bits per heavy atom. The topological polar surface area (TPSA) is 64.0 Å². The van der Waals surface area contributed by atoms with Gasteiger partial charge in [-0.05, 0) is 35.6 Å². The SMILES string of the molecule is Cc1ccc(CNC(=O)CSc2nc3sccc3c(=O)n2C)cc1F. The van der Waals surface area contributed by atoms with Gasteiger partial charge in [-0.3, -0.25) is 14.2 Å². The minimum atomic E-state index is -0.287. The smallest absolute Gasteiger partial charge is 0.262 e. The maximum absolute atomic E-state index is 13.5. The van der Waals surface area contributed by atoms with E-state index in [1.54, 1.807) is 32.2 Å². The lowest BCUT2D eigenvalue weighted by molar-refractivity contribution is -0.118. The summed E-state index contributed by atoms with van der Waals surface area (Å²) in [6.07, 6.45) is 0. The Balaban J connectivity index is 1.61. The summed E-state index contributed by atoms with van der Waals surface area (Å²) in [6, 6.07) is 6.62. The van der Waals surface area contributed by atoms with E-state index in [2.05, 4.69) is 10.3 Å². The Hall–Kier alpha value is -2.19. The van der Waals surface area contributed by atoms with Gasteiger partial charge in [-0.25, -0.2) is 9.37 Å². The number of hydrogen-bond acceptors (Lipinski definition) is 5. The summed E-state index contributed by atoms with van der Waals surface area (Å²) in [4.78, 5) is 29.3. The van der Waals surface area contributed by atoms with Crippen molar-refractivity contribution in [3.8, 4) is 0 Å². The second-order valence-corrected chi connectivity index (χ2v) is 7.38. The van der Waals surface area contributed by atoms with Gasteiger partial charge in [-0.15, -0.1) is 11.3 Å². The standard InChI is InChI=1S/C17H16FN3O2S2/c1-10-3-4-11(7-13(10)18)8-19-14(22)9-25-17-20-15-12(5-6-24-15)16(23)21(17)2/h3-7H,8-9H2,1-2H3,(H,19,22). The zero-order valence-electron chi connectivity index (χ0n) is 13.7. The summed E-state index contributed by atoms with van der Waals surface area (Å²) < 4.78 is 14.9. The number of halogens is 1. The maximum Gasteiger partial charge on any atom is 0.262 e. The molecule has 0 fully saturated rings. The van der Waals surface area contributed by atoms with Gasteiger partial charge in [0.25, 0.3) is 5.56 Å². The summed E-state index contributed by atoms with van der Waals surface area (Å²) in [5.41, 5.74) is 1.15. The van der Waals surface area contributed by atoms with Gasteiger partial charge in [0.2, 0.25) is 5.91 Å². The molecule has 5 nitrogen and oxygen atoms in total. The van der Waals surface area contributed by atoms with Gasteiger partial charge < -0.3 is 5.32 Å². The first-order chi connectivity index (χ1) is 12.0. The van der Waals surface area contributed by atoms with E-state index in [0.717, 1.165) is 0 Å². The Morgan fingerprint density at radius 3 is 2.96 bits per heavy atom. The van der Waals surface area contributed by atoms with Crippen molar-refractivity contribution in [2.24, 2.45) is 7.05 Å². The normalized spacial score (nSPS) is 11.0. The first-order valence-corrected chi connectivity index (χ1v) is 9.41. The number of nitrogens with zero attached hydrogens (tertiary/aromatic N) is 2. The molecule has 0 bridgehead atoms. The molecule has 0 spiro atoms. The fourth-order valence-corrected chi connectivity index (χ4v) is 3.84. The molecule has 0 aliphatic carbocycles. The number of aryl methyl sites for hydroxylation is 1. The van der Waals surface area contributed by atoms with Gasteiger partial charge in [0.1, 0.15) is 10.6 Å². The summed E-state index contributed by atoms with van der Waals surface area (Å²) in [6.45, 7) is 1.95. The van der Waals surface area contributed by atoms with Gasteiger partial charge in [-0.2, -0.15) is 0 Å². The lowest BCUT2D eigenvalue weighted by Gasteiger charge is -2.08. The minimum Gasteiger partial charge on any atom is -0.351 e. The molecule has 3 aromatic rings. The molecule has 0 saturated heterocycles. The van der Waals surface area contributed by atoms with E-state index in [1.807, 2.05) is 5.38 Å². The van der Waals surface area contributed by atoms with Crippen LogP contribution in [0.3, 0.4) is 0 Å². The molecule has 1 aromatic carbocycles. The van der Waals surface area contributed by atoms with Crippen molar-refractivity contribution in [3.63, 3.8) is 0 Å². The number of rotatable bonds is 5. The van der Waals surface area contributed by atoms with Gasteiger partial charge in [0.05, 0.1) is 11.1 Å². The number of carbonyl (C=O) groups is 1. The summed E-state index contributed by atoms with van der Waals surface area (Å²) in [5, 5.41) is 5.65. The summed E-state index contributed by atoms with van der Waals surface area (Å²) in [7, 11) is 1.64. The molecule has 0 atom stereocenters. The largest absolute Gasteiger partial charge is 0.351 e. The lowest BCUT2D eigenvalue weighted by Crippen LogP contribution is -2.25. The van der Waals surface area contributed by atoms with E-state index < -0.39 is 0 Å². The Labute approximate surface area is 151 Å². The molecule has 0 aliphatic heterocycles. The number of fused-ring (bicyclic) bond motifs is 1. The highest BCUT2D eigenvalue weighted by atomic mass is 32.2. The summed E-state index contributed by atoms with van der Waals surface area (Å²) >= 11 is 2.60. The average Bonchev–Trinajstić information content (AvgIpc) is 3.06. The average molecular weight is 377 g/mol. The number of carbonyl (C=O) groups excluding carboxylic acids is 1. The molecule has 1 N–H and O–H groups in total. The molecule has 130 valence electrons. The van der Waals surface area contributed by atoms with Crippen LogP contribution in [0.15, 0.2) is 39.6 Å². The van der Waals surface area contributed by atoms with Crippen molar-refractivity contribution >= 4 is 39.2 Å². The predicted octanol–water partition coefficient (Wildman–Crippen LogP) is 2.85. The van der Waals surface area contributed by atoms with E-state index in [9.17, 15) is 14.0 Å². The molecule has 25 heavy (non-hydrogen) atoms. The van der Waals surface area contributed by atoms with Gasteiger partial charge in [0, 0.05) is 13.6 Å². The van der Waals surface area contributed by atoms with Gasteiger partial charge in [-0.1, -0.05) is 23.9 Å². The van der Waals surface area contributed by atoms with E-state index in [0.29, 0.717) is 26.5 Å². The fourth-order valence-electron chi connectivity index (χ4n) is 2.24. The highest BCUT2D eigenvalue weighted by Crippen LogP contribution is 2.20. The molecule has 8 heteroatoms. The second kappa shape index (κ2) is 7.37. The van der Waals surface area contributed by atoms with E-state index in [-0.39, 0.29) is 29.6 Å². The molecule has 2 aromatic heterocycles. The Morgan fingerprint density at radius 1 is 1.40 bits per heavy atom. The van der Waals surface area contributed by atoms with E-state index in [1.165, 1.54) is 33.7 Å². The van der Waals surface area contributed by atoms with Crippen molar-refractivity contribution in [1.29, 1.82) is 0 Å². The predicted molar refractivity (Wildman–Crippen MR) is 98.6 cm³/mol. The quantitative estimate of drug-likeness (QED) is 0.549. The van der Waals surface area contributed by atoms with Crippen LogP contribution in [0.4, 0.5) is 4.39 Å². The van der Waals surface area contributed by atoms with Crippen molar-refractivity contribution in [1.82, 2.24) is 14.9 Å². The van der Waals surface area contributed by atoms with Crippen molar-refractivity contribution in [3.05, 3.63) is 56.9 Å². The zero-order chi connectivity index (χ0) is 18.0.